The molecule has 102 valence electrons. The van der Waals surface area contributed by atoms with E-state index in [0.29, 0.717) is 18.5 Å². The Morgan fingerprint density at radius 1 is 1.37 bits per heavy atom. The van der Waals surface area contributed by atoms with Crippen LogP contribution in [0.15, 0.2) is 12.1 Å². The summed E-state index contributed by atoms with van der Waals surface area (Å²) in [6.45, 7) is 1.67. The molecule has 0 amide bonds. The number of pyridine rings is 1. The fraction of sp³-hybridized carbons (Fsp3) is 0.538. The maximum atomic E-state index is 11.9. The van der Waals surface area contributed by atoms with Crippen molar-refractivity contribution in [1.29, 1.82) is 0 Å². The second-order valence-corrected chi connectivity index (χ2v) is 4.70. The van der Waals surface area contributed by atoms with Crippen molar-refractivity contribution < 1.29 is 14.5 Å². The molecule has 1 unspecified atom stereocenters. The monoisotopic (exact) mass is 264 g/mol. The highest BCUT2D eigenvalue weighted by atomic mass is 16.6. The van der Waals surface area contributed by atoms with E-state index in [4.69, 9.17) is 4.74 Å². The van der Waals surface area contributed by atoms with Crippen molar-refractivity contribution in [2.75, 3.05) is 0 Å². The predicted octanol–water partition coefficient (Wildman–Crippen LogP) is 2.58. The lowest BCUT2D eigenvalue weighted by molar-refractivity contribution is -0.390. The Kier molecular flexibility index (Phi) is 4.09. The van der Waals surface area contributed by atoms with Crippen LogP contribution in [-0.2, 0) is 4.79 Å². The molecule has 1 aromatic heterocycles. The molecule has 0 spiro atoms. The Morgan fingerprint density at radius 2 is 2.16 bits per heavy atom. The molecule has 1 aliphatic rings. The average Bonchev–Trinajstić information content (AvgIpc) is 2.57. The van der Waals surface area contributed by atoms with Crippen LogP contribution in [0.5, 0.6) is 5.75 Å². The standard InChI is InChI=1S/C13H16N2O4/c1-9-7-8-12(13(14-9)15(17)18)19-11-6-4-2-3-5-10(11)16/h7-8,11H,2-6H2,1H3. The predicted molar refractivity (Wildman–Crippen MR) is 68.1 cm³/mol. The van der Waals surface area contributed by atoms with E-state index >= 15 is 0 Å². The summed E-state index contributed by atoms with van der Waals surface area (Å²) in [5.41, 5.74) is 0.547. The van der Waals surface area contributed by atoms with Gasteiger partial charge in [-0.1, -0.05) is 6.42 Å². The number of rotatable bonds is 3. The van der Waals surface area contributed by atoms with E-state index in [1.54, 1.807) is 13.0 Å². The number of nitro groups is 1. The van der Waals surface area contributed by atoms with E-state index in [1.165, 1.54) is 6.07 Å². The van der Waals surface area contributed by atoms with Crippen molar-refractivity contribution >= 4 is 11.6 Å². The lowest BCUT2D eigenvalue weighted by Crippen LogP contribution is -2.26. The third kappa shape index (κ3) is 3.27. The SMILES string of the molecule is Cc1ccc(OC2CCCCCC2=O)c([N+](=O)[O-])n1. The zero-order chi connectivity index (χ0) is 13.8. The molecule has 19 heavy (non-hydrogen) atoms. The van der Waals surface area contributed by atoms with Gasteiger partial charge in [-0.05, 0) is 41.3 Å². The molecule has 1 aromatic rings. The number of hydrogen-bond acceptors (Lipinski definition) is 5. The van der Waals surface area contributed by atoms with Gasteiger partial charge in [-0.15, -0.1) is 0 Å². The lowest BCUT2D eigenvalue weighted by Gasteiger charge is -2.15. The van der Waals surface area contributed by atoms with Gasteiger partial charge in [0.2, 0.25) is 5.75 Å². The maximum absolute atomic E-state index is 11.9. The number of carbonyl (C=O) groups is 1. The van der Waals surface area contributed by atoms with Crippen LogP contribution in [0, 0.1) is 17.0 Å². The summed E-state index contributed by atoms with van der Waals surface area (Å²) in [5.74, 6) is -0.222. The van der Waals surface area contributed by atoms with Gasteiger partial charge in [-0.25, -0.2) is 0 Å². The Bertz CT molecular complexity index is 501. The van der Waals surface area contributed by atoms with Gasteiger partial charge in [-0.3, -0.25) is 4.79 Å². The number of hydrogen-bond donors (Lipinski definition) is 0. The van der Waals surface area contributed by atoms with E-state index in [9.17, 15) is 14.9 Å². The fourth-order valence-electron chi connectivity index (χ4n) is 2.16. The van der Waals surface area contributed by atoms with Crippen molar-refractivity contribution in [3.8, 4) is 5.75 Å². The molecule has 0 N–H and O–H groups in total. The minimum absolute atomic E-state index is 0.0207. The minimum atomic E-state index is -0.580. The molecule has 1 saturated carbocycles. The molecule has 1 fully saturated rings. The fourth-order valence-corrected chi connectivity index (χ4v) is 2.16. The van der Waals surface area contributed by atoms with E-state index in [1.807, 2.05) is 0 Å². The Labute approximate surface area is 110 Å². The highest BCUT2D eigenvalue weighted by Gasteiger charge is 2.26. The van der Waals surface area contributed by atoms with Gasteiger partial charge in [-0.2, -0.15) is 0 Å². The molecule has 0 bridgehead atoms. The Hall–Kier alpha value is -1.98. The van der Waals surface area contributed by atoms with Crippen LogP contribution in [-0.4, -0.2) is 21.8 Å². The number of Topliss-reactive ketones (excluding diaryl/α,β-unsaturated/α-hetero) is 1. The number of aromatic nitrogens is 1. The highest BCUT2D eigenvalue weighted by molar-refractivity contribution is 5.83. The van der Waals surface area contributed by atoms with Crippen molar-refractivity contribution in [2.24, 2.45) is 0 Å². The van der Waals surface area contributed by atoms with Crippen molar-refractivity contribution in [2.45, 2.75) is 45.1 Å². The van der Waals surface area contributed by atoms with Crippen molar-refractivity contribution in [1.82, 2.24) is 4.98 Å². The topological polar surface area (TPSA) is 82.3 Å². The zero-order valence-electron chi connectivity index (χ0n) is 10.8. The van der Waals surface area contributed by atoms with Crippen LogP contribution >= 0.6 is 0 Å². The van der Waals surface area contributed by atoms with Gasteiger partial charge < -0.3 is 14.9 Å². The van der Waals surface area contributed by atoms with Gasteiger partial charge >= 0.3 is 5.82 Å². The van der Waals surface area contributed by atoms with E-state index in [2.05, 4.69) is 4.98 Å². The molecule has 1 atom stereocenters. The summed E-state index contributed by atoms with van der Waals surface area (Å²) < 4.78 is 5.54. The molecule has 0 aliphatic heterocycles. The van der Waals surface area contributed by atoms with Crippen LogP contribution in [0.2, 0.25) is 0 Å². The van der Waals surface area contributed by atoms with Crippen molar-refractivity contribution in [3.05, 3.63) is 27.9 Å². The first-order valence-corrected chi connectivity index (χ1v) is 6.39. The quantitative estimate of drug-likeness (QED) is 0.476. The summed E-state index contributed by atoms with van der Waals surface area (Å²) in [6, 6.07) is 3.15. The number of carbonyl (C=O) groups excluding carboxylic acids is 1. The van der Waals surface area contributed by atoms with E-state index in [-0.39, 0.29) is 17.4 Å². The molecule has 0 radical (unpaired) electrons. The smallest absolute Gasteiger partial charge is 0.406 e. The number of ketones is 1. The lowest BCUT2D eigenvalue weighted by atomic mass is 10.1. The number of aryl methyl sites for hydroxylation is 1. The third-order valence-electron chi connectivity index (χ3n) is 3.17. The first kappa shape index (κ1) is 13.5. The second-order valence-electron chi connectivity index (χ2n) is 4.70. The molecular formula is C13H16N2O4. The van der Waals surface area contributed by atoms with Gasteiger partial charge in [0.05, 0.1) is 0 Å². The first-order chi connectivity index (χ1) is 9.08. The van der Waals surface area contributed by atoms with Crippen LogP contribution in [0.1, 0.15) is 37.8 Å². The first-order valence-electron chi connectivity index (χ1n) is 6.39. The summed E-state index contributed by atoms with van der Waals surface area (Å²) >= 11 is 0. The summed E-state index contributed by atoms with van der Waals surface area (Å²) in [6.07, 6.45) is 3.29. The van der Waals surface area contributed by atoms with Crippen LogP contribution in [0.4, 0.5) is 5.82 Å². The minimum Gasteiger partial charge on any atom is -0.474 e. The van der Waals surface area contributed by atoms with Crippen molar-refractivity contribution in [3.63, 3.8) is 0 Å². The van der Waals surface area contributed by atoms with Gasteiger partial charge in [0, 0.05) is 13.3 Å². The number of ether oxygens (including phenoxy) is 1. The zero-order valence-corrected chi connectivity index (χ0v) is 10.8. The Balaban J connectivity index is 2.22. The summed E-state index contributed by atoms with van der Waals surface area (Å²) in [4.78, 5) is 26.1. The van der Waals surface area contributed by atoms with Crippen LogP contribution in [0.3, 0.4) is 0 Å². The Morgan fingerprint density at radius 3 is 2.89 bits per heavy atom. The average molecular weight is 264 g/mol. The molecule has 1 aliphatic carbocycles. The third-order valence-corrected chi connectivity index (χ3v) is 3.17. The second kappa shape index (κ2) is 5.77. The number of nitrogens with zero attached hydrogens (tertiary/aromatic N) is 2. The molecule has 0 saturated heterocycles. The van der Waals surface area contributed by atoms with Crippen LogP contribution < -0.4 is 4.74 Å². The van der Waals surface area contributed by atoms with Gasteiger partial charge in [0.25, 0.3) is 0 Å². The van der Waals surface area contributed by atoms with Gasteiger partial charge in [0.15, 0.2) is 11.9 Å². The molecule has 6 heteroatoms. The van der Waals surface area contributed by atoms with Crippen LogP contribution in [0.25, 0.3) is 0 Å². The largest absolute Gasteiger partial charge is 0.474 e. The summed E-state index contributed by atoms with van der Waals surface area (Å²) in [5, 5.41) is 10.9. The summed E-state index contributed by atoms with van der Waals surface area (Å²) in [7, 11) is 0. The molecule has 6 nitrogen and oxygen atoms in total. The highest BCUT2D eigenvalue weighted by Crippen LogP contribution is 2.28. The normalized spacial score (nSPS) is 19.8. The molecule has 2 rings (SSSR count). The van der Waals surface area contributed by atoms with Gasteiger partial charge in [0.1, 0.15) is 5.69 Å². The van der Waals surface area contributed by atoms with E-state index in [0.717, 1.165) is 19.3 Å². The maximum Gasteiger partial charge on any atom is 0.406 e. The molecule has 1 heterocycles. The van der Waals surface area contributed by atoms with E-state index < -0.39 is 11.0 Å². The molecule has 0 aromatic carbocycles. The molecular weight excluding hydrogens is 248 g/mol.